The molecule has 54 heavy (non-hydrogen) atoms. The van der Waals surface area contributed by atoms with Crippen LogP contribution in [0.25, 0.3) is 0 Å². The summed E-state index contributed by atoms with van der Waals surface area (Å²) in [6, 6.07) is 26.2. The molecule has 4 aromatic rings. The molecule has 12 heteroatoms. The zero-order chi connectivity index (χ0) is 38.9. The molecule has 3 aromatic carbocycles. The van der Waals surface area contributed by atoms with E-state index in [1.165, 1.54) is 0 Å². The number of piperidine rings is 1. The SMILES string of the molecule is CC(OC(C)(C)C)[C@H](NC(=O)N[C@@H](CC(=O)NC(c1ccccc1)(c1ccccc1)c1ccccc1)c1nc(N2CCCCC2)no1)C(=O)OC(C)(C)C. The molecule has 0 bridgehead atoms. The van der Waals surface area contributed by atoms with Crippen LogP contribution in [0.1, 0.15) is 103 Å². The molecule has 1 aromatic heterocycles. The van der Waals surface area contributed by atoms with Gasteiger partial charge >= 0.3 is 12.0 Å². The lowest BCUT2D eigenvalue weighted by Gasteiger charge is -2.37. The van der Waals surface area contributed by atoms with Crippen molar-refractivity contribution in [3.05, 3.63) is 114 Å². The Balaban J connectivity index is 1.49. The molecule has 0 spiro atoms. The highest BCUT2D eigenvalue weighted by Crippen LogP contribution is 2.37. The maximum Gasteiger partial charge on any atom is 0.331 e. The lowest BCUT2D eigenvalue weighted by Crippen LogP contribution is -2.55. The van der Waals surface area contributed by atoms with E-state index in [2.05, 4.69) is 26.1 Å². The molecule has 1 saturated heterocycles. The largest absolute Gasteiger partial charge is 0.458 e. The molecule has 0 saturated carbocycles. The zero-order valence-electron chi connectivity index (χ0n) is 32.4. The standard InChI is InChI=1S/C42H54N6O6/c1-29(52-40(2,3)4)35(37(50)53-41(5,6)7)44-39(51)43-33(36-45-38(47-54-36)48-26-18-11-19-27-48)28-34(49)46-42(30-20-12-8-13-21-30,31-22-14-9-15-23-31)32-24-16-10-17-25-32/h8-10,12-17,20-25,29,33,35H,11,18-19,26-28H2,1-7H3,(H,46,49)(H2,43,44,51)/t29?,33-,35-/m0/s1. The Labute approximate surface area is 318 Å². The summed E-state index contributed by atoms with van der Waals surface area (Å²) in [6.45, 7) is 14.1. The van der Waals surface area contributed by atoms with Crippen molar-refractivity contribution in [3.8, 4) is 0 Å². The molecule has 5 rings (SSSR count). The van der Waals surface area contributed by atoms with Crippen LogP contribution in [-0.2, 0) is 24.6 Å². The first-order valence-corrected chi connectivity index (χ1v) is 18.7. The van der Waals surface area contributed by atoms with Crippen LogP contribution >= 0.6 is 0 Å². The highest BCUT2D eigenvalue weighted by molar-refractivity contribution is 5.85. The number of hydrogen-bond donors (Lipinski definition) is 3. The topological polar surface area (TPSA) is 148 Å². The number of carbonyl (C=O) groups is 3. The lowest BCUT2D eigenvalue weighted by atomic mass is 9.77. The molecule has 1 aliphatic heterocycles. The Morgan fingerprint density at radius 2 is 1.28 bits per heavy atom. The van der Waals surface area contributed by atoms with Crippen molar-refractivity contribution in [2.24, 2.45) is 0 Å². The van der Waals surface area contributed by atoms with E-state index in [4.69, 9.17) is 14.0 Å². The fourth-order valence-electron chi connectivity index (χ4n) is 6.72. The van der Waals surface area contributed by atoms with Gasteiger partial charge in [-0.05, 0) is 89.6 Å². The van der Waals surface area contributed by atoms with Crippen LogP contribution in [-0.4, -0.2) is 64.5 Å². The molecule has 1 aliphatic rings. The molecule has 3 N–H and O–H groups in total. The van der Waals surface area contributed by atoms with Crippen molar-refractivity contribution in [2.75, 3.05) is 18.0 Å². The van der Waals surface area contributed by atoms with Gasteiger partial charge < -0.3 is 34.8 Å². The minimum Gasteiger partial charge on any atom is -0.458 e. The summed E-state index contributed by atoms with van der Waals surface area (Å²) in [6.07, 6.45) is 2.09. The molecule has 0 radical (unpaired) electrons. The van der Waals surface area contributed by atoms with E-state index in [1.807, 2.05) is 117 Å². The van der Waals surface area contributed by atoms with Crippen molar-refractivity contribution >= 4 is 23.9 Å². The number of amides is 3. The van der Waals surface area contributed by atoms with E-state index in [-0.39, 0.29) is 12.3 Å². The smallest absolute Gasteiger partial charge is 0.331 e. The number of hydrogen-bond acceptors (Lipinski definition) is 9. The monoisotopic (exact) mass is 738 g/mol. The van der Waals surface area contributed by atoms with Gasteiger partial charge in [0.2, 0.25) is 5.91 Å². The third-order valence-electron chi connectivity index (χ3n) is 8.97. The molecule has 0 aliphatic carbocycles. The first-order valence-electron chi connectivity index (χ1n) is 18.7. The van der Waals surface area contributed by atoms with Crippen molar-refractivity contribution in [1.29, 1.82) is 0 Å². The molecule has 2 heterocycles. The molecule has 3 atom stereocenters. The van der Waals surface area contributed by atoms with Gasteiger partial charge in [-0.2, -0.15) is 4.98 Å². The predicted octanol–water partition coefficient (Wildman–Crippen LogP) is 6.81. The Bertz CT molecular complexity index is 1720. The van der Waals surface area contributed by atoms with Crippen LogP contribution in [0.4, 0.5) is 10.7 Å². The number of ether oxygens (including phenoxy) is 2. The van der Waals surface area contributed by atoms with Gasteiger partial charge in [0.25, 0.3) is 11.8 Å². The van der Waals surface area contributed by atoms with Gasteiger partial charge in [-0.1, -0.05) is 91.0 Å². The average molecular weight is 739 g/mol. The van der Waals surface area contributed by atoms with E-state index in [0.29, 0.717) is 5.95 Å². The highest BCUT2D eigenvalue weighted by Gasteiger charge is 2.40. The van der Waals surface area contributed by atoms with Crippen LogP contribution < -0.4 is 20.9 Å². The molecular weight excluding hydrogens is 684 g/mol. The van der Waals surface area contributed by atoms with Gasteiger partial charge in [-0.25, -0.2) is 9.59 Å². The van der Waals surface area contributed by atoms with Crippen LogP contribution in [0.5, 0.6) is 0 Å². The van der Waals surface area contributed by atoms with Crippen LogP contribution in [0.15, 0.2) is 95.5 Å². The quantitative estimate of drug-likeness (QED) is 0.0994. The Hall–Kier alpha value is -5.23. The van der Waals surface area contributed by atoms with E-state index >= 15 is 0 Å². The fourth-order valence-corrected chi connectivity index (χ4v) is 6.72. The van der Waals surface area contributed by atoms with Gasteiger partial charge in [0.1, 0.15) is 17.2 Å². The van der Waals surface area contributed by atoms with E-state index in [9.17, 15) is 14.4 Å². The zero-order valence-corrected chi connectivity index (χ0v) is 32.4. The number of nitrogens with one attached hydrogen (secondary N) is 3. The highest BCUT2D eigenvalue weighted by atomic mass is 16.6. The van der Waals surface area contributed by atoms with Crippen molar-refractivity contribution in [3.63, 3.8) is 0 Å². The number of esters is 1. The normalized spacial score (nSPS) is 15.4. The summed E-state index contributed by atoms with van der Waals surface area (Å²) >= 11 is 0. The molecular formula is C42H54N6O6. The summed E-state index contributed by atoms with van der Waals surface area (Å²) in [7, 11) is 0. The first kappa shape index (κ1) is 40.0. The fraction of sp³-hybridized carbons (Fsp3) is 0.452. The Morgan fingerprint density at radius 1 is 0.759 bits per heavy atom. The summed E-state index contributed by atoms with van der Waals surface area (Å²) in [5.41, 5.74) is 0.00911. The second-order valence-electron chi connectivity index (χ2n) is 15.7. The maximum absolute atomic E-state index is 14.5. The molecule has 12 nitrogen and oxygen atoms in total. The predicted molar refractivity (Wildman–Crippen MR) is 207 cm³/mol. The summed E-state index contributed by atoms with van der Waals surface area (Å²) in [4.78, 5) is 48.6. The number of urea groups is 1. The third-order valence-corrected chi connectivity index (χ3v) is 8.97. The molecule has 1 unspecified atom stereocenters. The Kier molecular flexibility index (Phi) is 12.8. The van der Waals surface area contributed by atoms with E-state index in [0.717, 1.165) is 49.0 Å². The number of benzene rings is 3. The second kappa shape index (κ2) is 17.3. The van der Waals surface area contributed by atoms with Gasteiger partial charge in [0.05, 0.1) is 18.1 Å². The van der Waals surface area contributed by atoms with Gasteiger partial charge in [-0.3, -0.25) is 4.79 Å². The number of nitrogens with zero attached hydrogens (tertiary/aromatic N) is 3. The maximum atomic E-state index is 14.5. The third kappa shape index (κ3) is 10.5. The molecule has 1 fully saturated rings. The minimum absolute atomic E-state index is 0.0541. The number of rotatable bonds is 13. The van der Waals surface area contributed by atoms with Crippen LogP contribution in [0.3, 0.4) is 0 Å². The first-order chi connectivity index (χ1) is 25.6. The average Bonchev–Trinajstić information content (AvgIpc) is 3.63. The van der Waals surface area contributed by atoms with Crippen molar-refractivity contribution < 1.29 is 28.4 Å². The summed E-state index contributed by atoms with van der Waals surface area (Å²) in [5.74, 6) is -0.614. The van der Waals surface area contributed by atoms with Gasteiger partial charge in [0.15, 0.2) is 6.04 Å². The van der Waals surface area contributed by atoms with E-state index < -0.39 is 52.8 Å². The number of carbonyl (C=O) groups excluding carboxylic acids is 3. The summed E-state index contributed by atoms with van der Waals surface area (Å²) < 4.78 is 17.5. The number of aromatic nitrogens is 2. The van der Waals surface area contributed by atoms with Crippen molar-refractivity contribution in [2.45, 2.75) is 109 Å². The minimum atomic E-state index is -1.17. The van der Waals surface area contributed by atoms with Gasteiger partial charge in [0, 0.05) is 13.1 Å². The van der Waals surface area contributed by atoms with Crippen LogP contribution in [0.2, 0.25) is 0 Å². The summed E-state index contributed by atoms with van der Waals surface area (Å²) in [5, 5.41) is 13.2. The molecule has 288 valence electrons. The van der Waals surface area contributed by atoms with Crippen LogP contribution in [0, 0.1) is 0 Å². The van der Waals surface area contributed by atoms with Gasteiger partial charge in [-0.15, -0.1) is 0 Å². The van der Waals surface area contributed by atoms with Crippen molar-refractivity contribution in [1.82, 2.24) is 26.1 Å². The Morgan fingerprint density at radius 3 is 1.76 bits per heavy atom. The molecule has 3 amide bonds. The number of anilines is 1. The lowest BCUT2D eigenvalue weighted by molar-refractivity contribution is -0.164. The second-order valence-corrected chi connectivity index (χ2v) is 15.7. The van der Waals surface area contributed by atoms with E-state index in [1.54, 1.807) is 27.7 Å².